The van der Waals surface area contributed by atoms with Crippen LogP contribution in [0.15, 0.2) is 42.6 Å². The Morgan fingerprint density at radius 3 is 3.15 bits per heavy atom. The molecule has 0 fully saturated rings. The Hall–Kier alpha value is -2.00. The van der Waals surface area contributed by atoms with Crippen LogP contribution in [0, 0.1) is 0 Å². The van der Waals surface area contributed by atoms with Gasteiger partial charge in [-0.05, 0) is 42.2 Å². The molecule has 1 atom stereocenters. The first-order valence-corrected chi connectivity index (χ1v) is 7.16. The number of aromatic nitrogens is 2. The fraction of sp³-hybridized carbons (Fsp3) is 0.188. The molecule has 4 heteroatoms. The van der Waals surface area contributed by atoms with Crippen molar-refractivity contribution in [1.82, 2.24) is 10.2 Å². The van der Waals surface area contributed by atoms with Crippen LogP contribution >= 0.6 is 11.6 Å². The lowest BCUT2D eigenvalue weighted by atomic mass is 10.1. The van der Waals surface area contributed by atoms with Crippen molar-refractivity contribution in [2.75, 3.05) is 5.32 Å². The zero-order valence-corrected chi connectivity index (χ0v) is 11.6. The number of H-pyrrole nitrogens is 1. The molecule has 0 bridgehead atoms. The first kappa shape index (κ1) is 11.8. The van der Waals surface area contributed by atoms with Crippen molar-refractivity contribution in [3.63, 3.8) is 0 Å². The minimum atomic E-state index is 0.344. The van der Waals surface area contributed by atoms with Crippen molar-refractivity contribution in [3.8, 4) is 0 Å². The summed E-state index contributed by atoms with van der Waals surface area (Å²) in [6.07, 6.45) is 4.02. The number of aromatic amines is 1. The highest BCUT2D eigenvalue weighted by Crippen LogP contribution is 2.36. The molecule has 1 unspecified atom stereocenters. The van der Waals surface area contributed by atoms with Crippen LogP contribution in [0.3, 0.4) is 0 Å². The van der Waals surface area contributed by atoms with Crippen molar-refractivity contribution in [2.45, 2.75) is 18.9 Å². The molecule has 1 heterocycles. The van der Waals surface area contributed by atoms with Crippen molar-refractivity contribution in [2.24, 2.45) is 0 Å². The third kappa shape index (κ3) is 1.86. The number of hydrogen-bond acceptors (Lipinski definition) is 2. The molecule has 2 N–H and O–H groups in total. The van der Waals surface area contributed by atoms with Crippen LogP contribution in [0.25, 0.3) is 10.9 Å². The van der Waals surface area contributed by atoms with E-state index in [9.17, 15) is 0 Å². The van der Waals surface area contributed by atoms with Crippen LogP contribution in [-0.2, 0) is 6.42 Å². The van der Waals surface area contributed by atoms with E-state index in [1.807, 2.05) is 12.3 Å². The third-order valence-corrected chi connectivity index (χ3v) is 4.22. The van der Waals surface area contributed by atoms with E-state index in [2.05, 4.69) is 45.8 Å². The average Bonchev–Trinajstić information content (AvgIpc) is 3.06. The summed E-state index contributed by atoms with van der Waals surface area (Å²) in [5.74, 6) is 0. The smallest absolute Gasteiger partial charge is 0.0881 e. The summed E-state index contributed by atoms with van der Waals surface area (Å²) in [4.78, 5) is 0. The Bertz CT molecular complexity index is 778. The van der Waals surface area contributed by atoms with E-state index in [0.29, 0.717) is 6.04 Å². The second kappa shape index (κ2) is 4.53. The molecule has 0 radical (unpaired) electrons. The molecule has 0 saturated heterocycles. The Kier molecular flexibility index (Phi) is 2.67. The van der Waals surface area contributed by atoms with E-state index in [0.717, 1.165) is 34.5 Å². The highest BCUT2D eigenvalue weighted by molar-refractivity contribution is 6.30. The molecule has 1 aromatic heterocycles. The summed E-state index contributed by atoms with van der Waals surface area (Å²) < 4.78 is 0. The predicted molar refractivity (Wildman–Crippen MR) is 82.2 cm³/mol. The lowest BCUT2D eigenvalue weighted by Gasteiger charge is -2.16. The van der Waals surface area contributed by atoms with Crippen molar-refractivity contribution in [3.05, 3.63) is 58.7 Å². The molecule has 0 saturated carbocycles. The molecule has 20 heavy (non-hydrogen) atoms. The van der Waals surface area contributed by atoms with E-state index >= 15 is 0 Å². The van der Waals surface area contributed by atoms with E-state index in [1.54, 1.807) is 0 Å². The van der Waals surface area contributed by atoms with Gasteiger partial charge in [-0.15, -0.1) is 0 Å². The quantitative estimate of drug-likeness (QED) is 0.735. The summed E-state index contributed by atoms with van der Waals surface area (Å²) >= 11 is 6.06. The maximum absolute atomic E-state index is 6.06. The van der Waals surface area contributed by atoms with Crippen LogP contribution < -0.4 is 5.32 Å². The zero-order valence-electron chi connectivity index (χ0n) is 10.9. The number of para-hydroxylation sites is 1. The Labute approximate surface area is 122 Å². The van der Waals surface area contributed by atoms with Crippen LogP contribution in [0.2, 0.25) is 5.02 Å². The highest BCUT2D eigenvalue weighted by Gasteiger charge is 2.22. The summed E-state index contributed by atoms with van der Waals surface area (Å²) in [5.41, 5.74) is 4.88. The molecule has 3 aromatic rings. The summed E-state index contributed by atoms with van der Waals surface area (Å²) in [5, 5.41) is 12.8. The van der Waals surface area contributed by atoms with Gasteiger partial charge in [0.15, 0.2) is 0 Å². The van der Waals surface area contributed by atoms with Crippen molar-refractivity contribution >= 4 is 28.2 Å². The number of halogens is 1. The Balaban J connectivity index is 1.70. The standard InChI is InChI=1S/C16H14ClN3/c17-12-5-6-13-10(8-12)4-7-14(13)19-15-3-1-2-11-9-18-20-16(11)15/h1-3,5-6,8-9,14,19H,4,7H2,(H,18,20). The first-order chi connectivity index (χ1) is 9.81. The summed E-state index contributed by atoms with van der Waals surface area (Å²) in [6.45, 7) is 0. The Morgan fingerprint density at radius 1 is 1.25 bits per heavy atom. The van der Waals surface area contributed by atoms with Gasteiger partial charge in [0.05, 0.1) is 23.4 Å². The molecule has 1 aliphatic rings. The van der Waals surface area contributed by atoms with E-state index in [4.69, 9.17) is 11.6 Å². The highest BCUT2D eigenvalue weighted by atomic mass is 35.5. The third-order valence-electron chi connectivity index (χ3n) is 3.99. The maximum atomic E-state index is 6.06. The second-order valence-electron chi connectivity index (χ2n) is 5.22. The largest absolute Gasteiger partial charge is 0.376 e. The number of benzene rings is 2. The molecule has 1 aliphatic carbocycles. The van der Waals surface area contributed by atoms with Gasteiger partial charge in [0.25, 0.3) is 0 Å². The fourth-order valence-corrected chi connectivity index (χ4v) is 3.21. The lowest BCUT2D eigenvalue weighted by Crippen LogP contribution is -2.07. The van der Waals surface area contributed by atoms with Crippen molar-refractivity contribution < 1.29 is 0 Å². The lowest BCUT2D eigenvalue weighted by molar-refractivity contribution is 0.763. The molecule has 0 aliphatic heterocycles. The zero-order chi connectivity index (χ0) is 13.5. The van der Waals surface area contributed by atoms with Gasteiger partial charge in [-0.25, -0.2) is 0 Å². The minimum Gasteiger partial charge on any atom is -0.376 e. The van der Waals surface area contributed by atoms with Gasteiger partial charge in [0.2, 0.25) is 0 Å². The number of fused-ring (bicyclic) bond motifs is 2. The van der Waals surface area contributed by atoms with E-state index < -0.39 is 0 Å². The van der Waals surface area contributed by atoms with Gasteiger partial charge < -0.3 is 5.32 Å². The molecule has 2 aromatic carbocycles. The number of nitrogens with zero attached hydrogens (tertiary/aromatic N) is 1. The van der Waals surface area contributed by atoms with E-state index in [1.165, 1.54) is 11.1 Å². The van der Waals surface area contributed by atoms with Crippen LogP contribution in [0.1, 0.15) is 23.6 Å². The van der Waals surface area contributed by atoms with Crippen LogP contribution in [0.4, 0.5) is 5.69 Å². The topological polar surface area (TPSA) is 40.7 Å². The van der Waals surface area contributed by atoms with Gasteiger partial charge in [-0.1, -0.05) is 29.8 Å². The minimum absolute atomic E-state index is 0.344. The second-order valence-corrected chi connectivity index (χ2v) is 5.65. The van der Waals surface area contributed by atoms with Gasteiger partial charge in [-0.2, -0.15) is 5.10 Å². The summed E-state index contributed by atoms with van der Waals surface area (Å²) in [7, 11) is 0. The molecular formula is C16H14ClN3. The average molecular weight is 284 g/mol. The van der Waals surface area contributed by atoms with Crippen LogP contribution in [-0.4, -0.2) is 10.2 Å². The monoisotopic (exact) mass is 283 g/mol. The fourth-order valence-electron chi connectivity index (χ4n) is 3.01. The predicted octanol–water partition coefficient (Wildman–Crippen LogP) is 4.32. The van der Waals surface area contributed by atoms with Crippen molar-refractivity contribution in [1.29, 1.82) is 0 Å². The van der Waals surface area contributed by atoms with Gasteiger partial charge >= 0.3 is 0 Å². The van der Waals surface area contributed by atoms with E-state index in [-0.39, 0.29) is 0 Å². The number of rotatable bonds is 2. The molecule has 4 rings (SSSR count). The Morgan fingerprint density at radius 2 is 2.20 bits per heavy atom. The number of aryl methyl sites for hydroxylation is 1. The molecule has 0 spiro atoms. The molecule has 3 nitrogen and oxygen atoms in total. The number of hydrogen-bond donors (Lipinski definition) is 2. The number of nitrogens with one attached hydrogen (secondary N) is 2. The normalized spacial score (nSPS) is 17.4. The first-order valence-electron chi connectivity index (χ1n) is 6.78. The van der Waals surface area contributed by atoms with Crippen LogP contribution in [0.5, 0.6) is 0 Å². The SMILES string of the molecule is Clc1ccc2c(c1)CCC2Nc1cccc2cn[nH]c12. The van der Waals surface area contributed by atoms with Gasteiger partial charge in [0.1, 0.15) is 0 Å². The maximum Gasteiger partial charge on any atom is 0.0881 e. The number of anilines is 1. The molecule has 0 amide bonds. The molecule has 100 valence electrons. The van der Waals surface area contributed by atoms with Gasteiger partial charge in [-0.3, -0.25) is 5.10 Å². The van der Waals surface area contributed by atoms with Gasteiger partial charge in [0, 0.05) is 10.4 Å². The summed E-state index contributed by atoms with van der Waals surface area (Å²) in [6, 6.07) is 12.7. The molecular weight excluding hydrogens is 270 g/mol.